The number of sulfonamides is 1. The molecular weight excluding hydrogens is 320 g/mol. The zero-order valence-electron chi connectivity index (χ0n) is 13.1. The molecule has 0 unspecified atom stereocenters. The molecule has 0 saturated carbocycles. The second kappa shape index (κ2) is 4.76. The van der Waals surface area contributed by atoms with Gasteiger partial charge in [0.25, 0.3) is 10.0 Å². The molecule has 0 fully saturated rings. The predicted molar refractivity (Wildman–Crippen MR) is 84.2 cm³/mol. The third kappa shape index (κ3) is 1.88. The van der Waals surface area contributed by atoms with Crippen molar-refractivity contribution < 1.29 is 23.1 Å². The molecule has 1 N–H and O–H groups in total. The maximum Gasteiger partial charge on any atom is 0.359 e. The number of aromatic nitrogens is 1. The molecule has 1 aliphatic heterocycles. The summed E-state index contributed by atoms with van der Waals surface area (Å²) in [5.74, 6) is -1.33. The van der Waals surface area contributed by atoms with Gasteiger partial charge in [-0.3, -0.25) is 4.31 Å². The van der Waals surface area contributed by atoms with E-state index in [0.717, 1.165) is 17.0 Å². The van der Waals surface area contributed by atoms with Gasteiger partial charge < -0.3 is 14.4 Å². The minimum atomic E-state index is -3.99. The molecule has 1 aliphatic rings. The molecule has 1 aromatic heterocycles. The van der Waals surface area contributed by atoms with Gasteiger partial charge in [0.2, 0.25) is 0 Å². The molecule has 0 bridgehead atoms. The lowest BCUT2D eigenvalue weighted by molar-refractivity contribution is -0.137. The van der Waals surface area contributed by atoms with E-state index in [0.29, 0.717) is 10.9 Å². The summed E-state index contributed by atoms with van der Waals surface area (Å²) < 4.78 is 32.7. The summed E-state index contributed by atoms with van der Waals surface area (Å²) >= 11 is 0. The van der Waals surface area contributed by atoms with Crippen LogP contribution >= 0.6 is 0 Å². The standard InChI is InChI=1S/C15H16N2O5S/c1-8-5-6-10-9(7-8)14-11(16(10)2)13(18)12(15(19)22-4)17(3)23(14,20)21/h5-7,18H,1-4H3. The zero-order chi connectivity index (χ0) is 17.1. The monoisotopic (exact) mass is 336 g/mol. The van der Waals surface area contributed by atoms with Gasteiger partial charge in [-0.05, 0) is 19.1 Å². The van der Waals surface area contributed by atoms with Crippen LogP contribution in [0.1, 0.15) is 11.3 Å². The van der Waals surface area contributed by atoms with Gasteiger partial charge in [0, 0.05) is 25.0 Å². The molecule has 23 heavy (non-hydrogen) atoms. The third-order valence-electron chi connectivity index (χ3n) is 4.07. The number of aliphatic hydroxyl groups is 1. The highest BCUT2D eigenvalue weighted by Gasteiger charge is 2.42. The van der Waals surface area contributed by atoms with E-state index in [-0.39, 0.29) is 10.6 Å². The quantitative estimate of drug-likeness (QED) is 0.798. The lowest BCUT2D eigenvalue weighted by Gasteiger charge is -2.26. The second-order valence-electron chi connectivity index (χ2n) is 5.42. The van der Waals surface area contributed by atoms with Crippen molar-refractivity contribution in [2.75, 3.05) is 14.2 Å². The van der Waals surface area contributed by atoms with Crippen molar-refractivity contribution in [2.24, 2.45) is 7.05 Å². The van der Waals surface area contributed by atoms with Crippen molar-refractivity contribution in [1.29, 1.82) is 0 Å². The van der Waals surface area contributed by atoms with Gasteiger partial charge in [-0.15, -0.1) is 0 Å². The minimum absolute atomic E-state index is 0.00801. The number of methoxy groups -OCH3 is 1. The molecule has 0 saturated heterocycles. The van der Waals surface area contributed by atoms with Crippen molar-refractivity contribution in [3.05, 3.63) is 35.2 Å². The maximum absolute atomic E-state index is 12.9. The fourth-order valence-electron chi connectivity index (χ4n) is 2.89. The van der Waals surface area contributed by atoms with Crippen LogP contribution in [0.5, 0.6) is 0 Å². The molecule has 0 radical (unpaired) electrons. The molecule has 2 heterocycles. The smallest absolute Gasteiger partial charge is 0.359 e. The van der Waals surface area contributed by atoms with Crippen LogP contribution in [0.2, 0.25) is 0 Å². The Morgan fingerprint density at radius 1 is 1.26 bits per heavy atom. The van der Waals surface area contributed by atoms with Gasteiger partial charge in [0.05, 0.1) is 7.11 Å². The SMILES string of the molecule is COC(=O)C1=C(O)c2c(c3cc(C)ccc3n2C)S(=O)(=O)N1C. The number of fused-ring (bicyclic) bond motifs is 3. The van der Waals surface area contributed by atoms with E-state index < -0.39 is 27.4 Å². The highest BCUT2D eigenvalue weighted by atomic mass is 32.2. The van der Waals surface area contributed by atoms with Gasteiger partial charge in [-0.1, -0.05) is 11.6 Å². The van der Waals surface area contributed by atoms with Crippen LogP contribution < -0.4 is 0 Å². The molecule has 122 valence electrons. The number of rotatable bonds is 1. The predicted octanol–water partition coefficient (Wildman–Crippen LogP) is 1.52. The molecule has 0 atom stereocenters. The number of esters is 1. The van der Waals surface area contributed by atoms with E-state index in [9.17, 15) is 18.3 Å². The summed E-state index contributed by atoms with van der Waals surface area (Å²) in [5.41, 5.74) is 1.23. The Morgan fingerprint density at radius 2 is 1.91 bits per heavy atom. The summed E-state index contributed by atoms with van der Waals surface area (Å²) in [4.78, 5) is 11.9. The lowest BCUT2D eigenvalue weighted by Crippen LogP contribution is -2.35. The number of likely N-dealkylation sites (N-methyl/N-ethyl adjacent to an activating group) is 1. The van der Waals surface area contributed by atoms with Gasteiger partial charge in [0.15, 0.2) is 11.5 Å². The van der Waals surface area contributed by atoms with Crippen LogP contribution in [0.15, 0.2) is 28.8 Å². The fourth-order valence-corrected chi connectivity index (χ4v) is 4.49. The Bertz CT molecular complexity index is 985. The molecule has 8 heteroatoms. The number of benzene rings is 1. The number of hydrogen-bond donors (Lipinski definition) is 1. The zero-order valence-corrected chi connectivity index (χ0v) is 13.9. The van der Waals surface area contributed by atoms with Crippen LogP contribution in [-0.4, -0.2) is 42.5 Å². The minimum Gasteiger partial charge on any atom is -0.504 e. The van der Waals surface area contributed by atoms with E-state index >= 15 is 0 Å². The second-order valence-corrected chi connectivity index (χ2v) is 7.32. The van der Waals surface area contributed by atoms with Gasteiger partial charge in [-0.2, -0.15) is 0 Å². The molecule has 1 aromatic carbocycles. The van der Waals surface area contributed by atoms with E-state index in [2.05, 4.69) is 4.74 Å². The third-order valence-corrected chi connectivity index (χ3v) is 5.90. The van der Waals surface area contributed by atoms with Crippen LogP contribution in [0.4, 0.5) is 0 Å². The van der Waals surface area contributed by atoms with Crippen molar-refractivity contribution >= 4 is 32.7 Å². The Morgan fingerprint density at radius 3 is 2.52 bits per heavy atom. The van der Waals surface area contributed by atoms with Gasteiger partial charge >= 0.3 is 5.97 Å². The van der Waals surface area contributed by atoms with Crippen molar-refractivity contribution in [3.8, 4) is 0 Å². The van der Waals surface area contributed by atoms with E-state index in [1.54, 1.807) is 23.7 Å². The Hall–Kier alpha value is -2.48. The maximum atomic E-state index is 12.9. The van der Waals surface area contributed by atoms with Gasteiger partial charge in [-0.25, -0.2) is 13.2 Å². The summed E-state index contributed by atoms with van der Waals surface area (Å²) in [6, 6.07) is 5.38. The summed E-state index contributed by atoms with van der Waals surface area (Å²) in [5, 5.41) is 11.0. The van der Waals surface area contributed by atoms with Crippen molar-refractivity contribution in [3.63, 3.8) is 0 Å². The fraction of sp³-hybridized carbons (Fsp3) is 0.267. The number of carbonyl (C=O) groups excluding carboxylic acids is 1. The number of ether oxygens (including phenoxy) is 1. The topological polar surface area (TPSA) is 88.8 Å². The average molecular weight is 336 g/mol. The molecule has 0 spiro atoms. The van der Waals surface area contributed by atoms with Crippen molar-refractivity contribution in [2.45, 2.75) is 11.8 Å². The van der Waals surface area contributed by atoms with Crippen molar-refractivity contribution in [1.82, 2.24) is 8.87 Å². The van der Waals surface area contributed by atoms with Crippen LogP contribution in [0, 0.1) is 6.92 Å². The van der Waals surface area contributed by atoms with E-state index in [4.69, 9.17) is 0 Å². The molecular formula is C15H16N2O5S. The van der Waals surface area contributed by atoms with Crippen LogP contribution in [0.3, 0.4) is 0 Å². The van der Waals surface area contributed by atoms with E-state index in [1.807, 2.05) is 13.0 Å². The highest BCUT2D eigenvalue weighted by molar-refractivity contribution is 7.89. The molecule has 3 rings (SSSR count). The Balaban J connectivity index is 2.53. The first-order valence-corrected chi connectivity index (χ1v) is 8.25. The largest absolute Gasteiger partial charge is 0.504 e. The first-order valence-electron chi connectivity index (χ1n) is 6.81. The first kappa shape index (κ1) is 15.4. The number of aliphatic hydroxyl groups excluding tert-OH is 1. The Kier molecular flexibility index (Phi) is 3.19. The van der Waals surface area contributed by atoms with E-state index in [1.165, 1.54) is 7.05 Å². The highest BCUT2D eigenvalue weighted by Crippen LogP contribution is 2.41. The summed E-state index contributed by atoms with van der Waals surface area (Å²) in [7, 11) is 0.000690. The number of nitrogens with zero attached hydrogens (tertiary/aromatic N) is 2. The molecule has 7 nitrogen and oxygen atoms in total. The molecule has 2 aromatic rings. The lowest BCUT2D eigenvalue weighted by atomic mass is 10.1. The molecule has 0 amide bonds. The summed E-state index contributed by atoms with van der Waals surface area (Å²) in [6.07, 6.45) is 0. The van der Waals surface area contributed by atoms with Crippen LogP contribution in [-0.2, 0) is 26.6 Å². The van der Waals surface area contributed by atoms with Crippen LogP contribution in [0.25, 0.3) is 16.7 Å². The summed E-state index contributed by atoms with van der Waals surface area (Å²) in [6.45, 7) is 1.85. The number of aryl methyl sites for hydroxylation is 2. The number of hydrogen-bond acceptors (Lipinski definition) is 5. The number of carbonyl (C=O) groups is 1. The normalized spacial score (nSPS) is 16.6. The first-order chi connectivity index (χ1) is 10.7. The van der Waals surface area contributed by atoms with Gasteiger partial charge in [0.1, 0.15) is 10.6 Å². The average Bonchev–Trinajstić information content (AvgIpc) is 2.79. The Labute approximate surface area is 133 Å². The molecule has 0 aliphatic carbocycles.